The van der Waals surface area contributed by atoms with Gasteiger partial charge in [-0.15, -0.1) is 11.3 Å². The van der Waals surface area contributed by atoms with Crippen molar-refractivity contribution in [2.45, 2.75) is 0 Å². The highest BCUT2D eigenvalue weighted by atomic mass is 32.1. The van der Waals surface area contributed by atoms with E-state index in [9.17, 15) is 9.18 Å². The first-order valence-electron chi connectivity index (χ1n) is 7.58. The Morgan fingerprint density at radius 1 is 1.38 bits per heavy atom. The maximum atomic E-state index is 13.8. The van der Waals surface area contributed by atoms with E-state index in [1.54, 1.807) is 24.5 Å². The number of benzene rings is 1. The smallest absolute Gasteiger partial charge is 0.283 e. The molecule has 130 valence electrons. The number of fused-ring (bicyclic) bond motifs is 1. The number of nitrogens with zero attached hydrogens (tertiary/aromatic N) is 3. The SMILES string of the molecule is COc1ccc(/C=N\n2cnc3scc(-c4ccco4)c3c2=O)cc1F. The van der Waals surface area contributed by atoms with Crippen molar-refractivity contribution in [1.82, 2.24) is 9.66 Å². The van der Waals surface area contributed by atoms with Gasteiger partial charge in [0.05, 0.1) is 25.0 Å². The van der Waals surface area contributed by atoms with Gasteiger partial charge in [-0.25, -0.2) is 9.37 Å². The Hall–Kier alpha value is -3.26. The van der Waals surface area contributed by atoms with Crippen LogP contribution < -0.4 is 10.3 Å². The Labute approximate surface area is 150 Å². The summed E-state index contributed by atoms with van der Waals surface area (Å²) >= 11 is 1.36. The Balaban J connectivity index is 1.75. The quantitative estimate of drug-likeness (QED) is 0.514. The predicted molar refractivity (Wildman–Crippen MR) is 97.5 cm³/mol. The molecule has 4 rings (SSSR count). The minimum absolute atomic E-state index is 0.142. The maximum Gasteiger partial charge on any atom is 0.283 e. The van der Waals surface area contributed by atoms with E-state index in [2.05, 4.69) is 10.1 Å². The van der Waals surface area contributed by atoms with Crippen LogP contribution in [0.5, 0.6) is 5.75 Å². The summed E-state index contributed by atoms with van der Waals surface area (Å²) in [5.41, 5.74) is 0.840. The third-order valence-corrected chi connectivity index (χ3v) is 4.66. The summed E-state index contributed by atoms with van der Waals surface area (Å²) in [5, 5.41) is 6.37. The summed E-state index contributed by atoms with van der Waals surface area (Å²) in [6, 6.07) is 7.94. The second-order valence-corrected chi connectivity index (χ2v) is 6.20. The van der Waals surface area contributed by atoms with Gasteiger partial charge < -0.3 is 9.15 Å². The molecule has 0 spiro atoms. The molecule has 0 bridgehead atoms. The lowest BCUT2D eigenvalue weighted by Crippen LogP contribution is -2.16. The fraction of sp³-hybridized carbons (Fsp3) is 0.0556. The number of aromatic nitrogens is 2. The first-order valence-corrected chi connectivity index (χ1v) is 8.46. The van der Waals surface area contributed by atoms with Crippen LogP contribution >= 0.6 is 11.3 Å². The second kappa shape index (κ2) is 6.57. The van der Waals surface area contributed by atoms with E-state index in [1.165, 1.54) is 43.1 Å². The number of furan rings is 1. The number of methoxy groups -OCH3 is 1. The number of hydrogen-bond donors (Lipinski definition) is 0. The van der Waals surface area contributed by atoms with Crippen molar-refractivity contribution in [2.24, 2.45) is 5.10 Å². The second-order valence-electron chi connectivity index (χ2n) is 5.34. The van der Waals surface area contributed by atoms with Gasteiger partial charge in [-0.05, 0) is 35.9 Å². The number of thiophene rings is 1. The molecule has 0 amide bonds. The molecule has 0 saturated carbocycles. The van der Waals surface area contributed by atoms with Gasteiger partial charge in [-0.1, -0.05) is 0 Å². The van der Waals surface area contributed by atoms with Crippen molar-refractivity contribution in [2.75, 3.05) is 7.11 Å². The monoisotopic (exact) mass is 369 g/mol. The Bertz CT molecular complexity index is 1160. The largest absolute Gasteiger partial charge is 0.494 e. The number of halogens is 1. The molecule has 0 aliphatic heterocycles. The van der Waals surface area contributed by atoms with E-state index in [1.807, 2.05) is 5.38 Å². The van der Waals surface area contributed by atoms with Crippen LogP contribution in [0, 0.1) is 5.82 Å². The molecule has 1 aromatic carbocycles. The van der Waals surface area contributed by atoms with Gasteiger partial charge in [0.2, 0.25) is 0 Å². The summed E-state index contributed by atoms with van der Waals surface area (Å²) < 4.78 is 25.1. The molecule has 4 aromatic rings. The number of ether oxygens (including phenoxy) is 1. The van der Waals surface area contributed by atoms with E-state index in [0.29, 0.717) is 27.1 Å². The van der Waals surface area contributed by atoms with Crippen LogP contribution in [0.3, 0.4) is 0 Å². The van der Waals surface area contributed by atoms with E-state index >= 15 is 0 Å². The van der Waals surface area contributed by atoms with E-state index in [-0.39, 0.29) is 11.3 Å². The number of rotatable bonds is 4. The predicted octanol–water partition coefficient (Wildman–Crippen LogP) is 3.75. The summed E-state index contributed by atoms with van der Waals surface area (Å²) in [5.74, 6) is 0.230. The van der Waals surface area contributed by atoms with Gasteiger partial charge in [0.1, 0.15) is 16.9 Å². The van der Waals surface area contributed by atoms with Crippen molar-refractivity contribution in [1.29, 1.82) is 0 Å². The minimum atomic E-state index is -0.504. The molecule has 8 heteroatoms. The molecule has 0 fully saturated rings. The average Bonchev–Trinajstić information content (AvgIpc) is 3.31. The van der Waals surface area contributed by atoms with Gasteiger partial charge in [-0.3, -0.25) is 4.79 Å². The molecule has 0 aliphatic rings. The first-order chi connectivity index (χ1) is 12.7. The Kier molecular flexibility index (Phi) is 4.10. The third kappa shape index (κ3) is 2.80. The van der Waals surface area contributed by atoms with Gasteiger partial charge in [0.15, 0.2) is 11.6 Å². The zero-order valence-electron chi connectivity index (χ0n) is 13.5. The van der Waals surface area contributed by atoms with Crippen LogP contribution in [0.2, 0.25) is 0 Å². The van der Waals surface area contributed by atoms with Crippen molar-refractivity contribution in [3.8, 4) is 17.1 Å². The summed E-state index contributed by atoms with van der Waals surface area (Å²) in [6.07, 6.45) is 4.27. The minimum Gasteiger partial charge on any atom is -0.494 e. The van der Waals surface area contributed by atoms with Crippen LogP contribution in [0.4, 0.5) is 4.39 Å². The van der Waals surface area contributed by atoms with Crippen molar-refractivity contribution >= 4 is 27.8 Å². The standard InChI is InChI=1S/C18H12FN3O3S/c1-24-15-5-4-11(7-13(15)19)8-21-22-10-20-17-16(18(22)23)12(9-26-17)14-3-2-6-25-14/h2-10H,1H3/b21-8-. The summed E-state index contributed by atoms with van der Waals surface area (Å²) in [4.78, 5) is 17.6. The van der Waals surface area contributed by atoms with Gasteiger partial charge in [0.25, 0.3) is 5.56 Å². The molecule has 0 saturated heterocycles. The highest BCUT2D eigenvalue weighted by Gasteiger charge is 2.14. The molecular formula is C18H12FN3O3S. The normalized spacial score (nSPS) is 11.5. The number of hydrogen-bond acceptors (Lipinski definition) is 6. The molecule has 0 atom stereocenters. The van der Waals surface area contributed by atoms with Crippen molar-refractivity contribution in [3.05, 3.63) is 70.0 Å². The molecule has 3 aromatic heterocycles. The third-order valence-electron chi connectivity index (χ3n) is 3.77. The summed E-state index contributed by atoms with van der Waals surface area (Å²) in [7, 11) is 1.39. The fourth-order valence-electron chi connectivity index (χ4n) is 2.51. The molecule has 3 heterocycles. The Morgan fingerprint density at radius 3 is 3.00 bits per heavy atom. The zero-order valence-corrected chi connectivity index (χ0v) is 14.4. The van der Waals surface area contributed by atoms with Crippen molar-refractivity contribution < 1.29 is 13.5 Å². The fourth-order valence-corrected chi connectivity index (χ4v) is 3.40. The lowest BCUT2D eigenvalue weighted by Gasteiger charge is -2.02. The highest BCUT2D eigenvalue weighted by molar-refractivity contribution is 7.17. The topological polar surface area (TPSA) is 69.6 Å². The first kappa shape index (κ1) is 16.2. The molecule has 0 aliphatic carbocycles. The van der Waals surface area contributed by atoms with Crippen LogP contribution in [-0.4, -0.2) is 23.0 Å². The Morgan fingerprint density at radius 2 is 2.27 bits per heavy atom. The molecule has 26 heavy (non-hydrogen) atoms. The van der Waals surface area contributed by atoms with E-state index < -0.39 is 5.82 Å². The molecule has 0 N–H and O–H groups in total. The summed E-state index contributed by atoms with van der Waals surface area (Å²) in [6.45, 7) is 0. The highest BCUT2D eigenvalue weighted by Crippen LogP contribution is 2.30. The van der Waals surface area contributed by atoms with Gasteiger partial charge in [-0.2, -0.15) is 9.78 Å². The van der Waals surface area contributed by atoms with Crippen LogP contribution in [0.1, 0.15) is 5.56 Å². The van der Waals surface area contributed by atoms with E-state index in [0.717, 1.165) is 4.68 Å². The van der Waals surface area contributed by atoms with Crippen LogP contribution in [0.25, 0.3) is 21.5 Å². The molecule has 6 nitrogen and oxygen atoms in total. The van der Waals surface area contributed by atoms with Crippen LogP contribution in [-0.2, 0) is 0 Å². The van der Waals surface area contributed by atoms with Gasteiger partial charge in [0, 0.05) is 10.9 Å². The molecule has 0 unspecified atom stereocenters. The van der Waals surface area contributed by atoms with Crippen molar-refractivity contribution in [3.63, 3.8) is 0 Å². The lowest BCUT2D eigenvalue weighted by atomic mass is 10.2. The average molecular weight is 369 g/mol. The van der Waals surface area contributed by atoms with Gasteiger partial charge >= 0.3 is 0 Å². The zero-order chi connectivity index (χ0) is 18.1. The molecule has 0 radical (unpaired) electrons. The molecular weight excluding hydrogens is 357 g/mol. The van der Waals surface area contributed by atoms with E-state index in [4.69, 9.17) is 9.15 Å². The van der Waals surface area contributed by atoms with Crippen LogP contribution in [0.15, 0.2) is 62.6 Å². The lowest BCUT2D eigenvalue weighted by molar-refractivity contribution is 0.386. The maximum absolute atomic E-state index is 13.8.